The van der Waals surface area contributed by atoms with Crippen molar-refractivity contribution in [1.29, 1.82) is 0 Å². The molecule has 1 fully saturated rings. The Morgan fingerprint density at radius 2 is 1.35 bits per heavy atom. The summed E-state index contributed by atoms with van der Waals surface area (Å²) in [5.41, 5.74) is 0.731. The summed E-state index contributed by atoms with van der Waals surface area (Å²) < 4.78 is 35.6. The number of benzene rings is 1. The third-order valence-electron chi connectivity index (χ3n) is 4.01. The van der Waals surface area contributed by atoms with Gasteiger partial charge in [0.05, 0.1) is 11.9 Å². The normalized spacial score (nSPS) is 14.0. The molecule has 3 rings (SSSR count). The van der Waals surface area contributed by atoms with Crippen LogP contribution in [0.2, 0.25) is 0 Å². The number of aryl methyl sites for hydroxylation is 1. The van der Waals surface area contributed by atoms with E-state index in [0.29, 0.717) is 12.1 Å². The van der Waals surface area contributed by atoms with Crippen molar-refractivity contribution in [1.82, 2.24) is 9.97 Å². The van der Waals surface area contributed by atoms with Crippen LogP contribution in [0.1, 0.15) is 75.2 Å². The second kappa shape index (κ2) is 11.7. The van der Waals surface area contributed by atoms with Crippen molar-refractivity contribution in [3.8, 4) is 0 Å². The van der Waals surface area contributed by atoms with Crippen LogP contribution in [0, 0.1) is 6.92 Å². The fourth-order valence-electron chi connectivity index (χ4n) is 2.50. The Labute approximate surface area is 154 Å². The molecule has 0 saturated heterocycles. The second-order valence-electron chi connectivity index (χ2n) is 6.73. The first kappa shape index (κ1) is 22.1. The van der Waals surface area contributed by atoms with E-state index in [9.17, 15) is 13.2 Å². The van der Waals surface area contributed by atoms with Gasteiger partial charge in [0.1, 0.15) is 0 Å². The molecule has 1 aliphatic rings. The van der Waals surface area contributed by atoms with Gasteiger partial charge in [0.25, 0.3) is 0 Å². The van der Waals surface area contributed by atoms with E-state index in [2.05, 4.69) is 48.1 Å². The largest absolute Gasteiger partial charge is 0.434 e. The van der Waals surface area contributed by atoms with Crippen molar-refractivity contribution in [3.05, 3.63) is 59.7 Å². The molecule has 0 aliphatic heterocycles. The molecule has 0 radical (unpaired) electrons. The maximum Gasteiger partial charge on any atom is 0.434 e. The molecule has 0 bridgehead atoms. The zero-order valence-corrected chi connectivity index (χ0v) is 15.9. The fraction of sp³-hybridized carbons (Fsp3) is 0.524. The standard InChI is InChI=1S/C9H12.C6H5F3N2.C6H12/c1-8(2)9-6-4-3-5-7-9;1-4-2-10-3-5(11-4)6(7,8)9;1-2-4-6-5-3-1/h3-8H,1-2H3;2-3H,1H3;1-6H2. The van der Waals surface area contributed by atoms with E-state index in [1.807, 2.05) is 6.07 Å². The third kappa shape index (κ3) is 9.54. The molecule has 0 unspecified atom stereocenters. The van der Waals surface area contributed by atoms with Crippen molar-refractivity contribution in [2.75, 3.05) is 0 Å². The Hall–Kier alpha value is -1.91. The van der Waals surface area contributed by atoms with Gasteiger partial charge >= 0.3 is 6.18 Å². The first-order valence-electron chi connectivity index (χ1n) is 9.21. The molecule has 1 aliphatic carbocycles. The van der Waals surface area contributed by atoms with Crippen LogP contribution in [-0.2, 0) is 6.18 Å². The van der Waals surface area contributed by atoms with Crippen molar-refractivity contribution >= 4 is 0 Å². The van der Waals surface area contributed by atoms with Crippen LogP contribution in [0.15, 0.2) is 42.7 Å². The summed E-state index contributed by atoms with van der Waals surface area (Å²) in [5, 5.41) is 0. The third-order valence-corrected chi connectivity index (χ3v) is 4.01. The molecule has 5 heteroatoms. The van der Waals surface area contributed by atoms with Gasteiger partial charge in [0, 0.05) is 6.20 Å². The van der Waals surface area contributed by atoms with E-state index in [4.69, 9.17) is 0 Å². The molecule has 0 amide bonds. The van der Waals surface area contributed by atoms with Gasteiger partial charge in [-0.25, -0.2) is 4.98 Å². The van der Waals surface area contributed by atoms with E-state index in [0.717, 1.165) is 0 Å². The van der Waals surface area contributed by atoms with Crippen LogP contribution < -0.4 is 0 Å². The molecule has 1 heterocycles. The summed E-state index contributed by atoms with van der Waals surface area (Å²) in [4.78, 5) is 6.63. The predicted octanol–water partition coefficient (Wildman–Crippen LogP) is 6.95. The summed E-state index contributed by atoms with van der Waals surface area (Å²) in [7, 11) is 0. The van der Waals surface area contributed by atoms with Gasteiger partial charge in [-0.3, -0.25) is 4.98 Å². The first-order valence-corrected chi connectivity index (χ1v) is 9.21. The lowest BCUT2D eigenvalue weighted by atomic mass is 10.0. The minimum absolute atomic E-state index is 0.264. The van der Waals surface area contributed by atoms with E-state index in [1.165, 1.54) is 57.2 Å². The number of rotatable bonds is 1. The average Bonchev–Trinajstić information content (AvgIpc) is 2.64. The van der Waals surface area contributed by atoms with Crippen LogP contribution in [0.5, 0.6) is 0 Å². The molecular formula is C21H29F3N2. The zero-order valence-electron chi connectivity index (χ0n) is 15.9. The summed E-state index contributed by atoms with van der Waals surface area (Å²) in [5.74, 6) is 0.659. The lowest BCUT2D eigenvalue weighted by Gasteiger charge is -2.05. The van der Waals surface area contributed by atoms with Crippen LogP contribution in [-0.4, -0.2) is 9.97 Å². The summed E-state index contributed by atoms with van der Waals surface area (Å²) in [6.45, 7) is 5.87. The van der Waals surface area contributed by atoms with Crippen LogP contribution in [0.4, 0.5) is 13.2 Å². The zero-order chi connectivity index (χ0) is 19.4. The highest BCUT2D eigenvalue weighted by molar-refractivity contribution is 5.17. The smallest absolute Gasteiger partial charge is 0.261 e. The molecule has 0 spiro atoms. The molecule has 0 N–H and O–H groups in total. The lowest BCUT2D eigenvalue weighted by Crippen LogP contribution is -2.08. The van der Waals surface area contributed by atoms with Crippen molar-refractivity contribution in [2.24, 2.45) is 0 Å². The minimum Gasteiger partial charge on any atom is -0.261 e. The molecule has 1 saturated carbocycles. The van der Waals surface area contributed by atoms with Crippen molar-refractivity contribution in [2.45, 2.75) is 71.4 Å². The molecule has 2 nitrogen and oxygen atoms in total. The maximum atomic E-state index is 11.9. The van der Waals surface area contributed by atoms with E-state index >= 15 is 0 Å². The van der Waals surface area contributed by atoms with Crippen LogP contribution in [0.25, 0.3) is 0 Å². The van der Waals surface area contributed by atoms with E-state index in [-0.39, 0.29) is 5.69 Å². The molecule has 144 valence electrons. The molecule has 26 heavy (non-hydrogen) atoms. The number of halogens is 3. The first-order chi connectivity index (χ1) is 12.3. The minimum atomic E-state index is -4.39. The quantitative estimate of drug-likeness (QED) is 0.545. The highest BCUT2D eigenvalue weighted by Gasteiger charge is 2.32. The molecule has 1 aromatic carbocycles. The van der Waals surface area contributed by atoms with Gasteiger partial charge in [-0.1, -0.05) is 82.7 Å². The van der Waals surface area contributed by atoms with Crippen molar-refractivity contribution < 1.29 is 13.2 Å². The molecule has 1 aromatic heterocycles. The summed E-state index contributed by atoms with van der Waals surface area (Å²) >= 11 is 0. The van der Waals surface area contributed by atoms with Crippen LogP contribution >= 0.6 is 0 Å². The van der Waals surface area contributed by atoms with Gasteiger partial charge in [0.2, 0.25) is 0 Å². The average molecular weight is 366 g/mol. The Morgan fingerprint density at radius 1 is 0.846 bits per heavy atom. The fourth-order valence-corrected chi connectivity index (χ4v) is 2.50. The summed E-state index contributed by atoms with van der Waals surface area (Å²) in [6.07, 6.45) is 6.58. The topological polar surface area (TPSA) is 25.8 Å². The number of nitrogens with zero attached hydrogens (tertiary/aromatic N) is 2. The summed E-state index contributed by atoms with van der Waals surface area (Å²) in [6, 6.07) is 10.5. The van der Waals surface area contributed by atoms with Gasteiger partial charge in [-0.05, 0) is 18.4 Å². The maximum absolute atomic E-state index is 11.9. The van der Waals surface area contributed by atoms with E-state index in [1.54, 1.807) is 0 Å². The molecule has 0 atom stereocenters. The van der Waals surface area contributed by atoms with Gasteiger partial charge in [-0.2, -0.15) is 13.2 Å². The number of hydrogen-bond donors (Lipinski definition) is 0. The van der Waals surface area contributed by atoms with Crippen molar-refractivity contribution in [3.63, 3.8) is 0 Å². The monoisotopic (exact) mass is 366 g/mol. The highest BCUT2D eigenvalue weighted by atomic mass is 19.4. The van der Waals surface area contributed by atoms with E-state index < -0.39 is 11.9 Å². The second-order valence-corrected chi connectivity index (χ2v) is 6.73. The Bertz CT molecular complexity index is 595. The van der Waals surface area contributed by atoms with Crippen LogP contribution in [0.3, 0.4) is 0 Å². The van der Waals surface area contributed by atoms with Gasteiger partial charge in [-0.15, -0.1) is 0 Å². The predicted molar refractivity (Wildman–Crippen MR) is 100 cm³/mol. The molecule has 2 aromatic rings. The van der Waals surface area contributed by atoms with Gasteiger partial charge < -0.3 is 0 Å². The Kier molecular flexibility index (Phi) is 9.92. The Morgan fingerprint density at radius 3 is 1.65 bits per heavy atom. The highest BCUT2D eigenvalue weighted by Crippen LogP contribution is 2.26. The molecular weight excluding hydrogens is 337 g/mol. The SMILES string of the molecule is C1CCCCC1.CC(C)c1ccccc1.Cc1cncc(C(F)(F)F)n1. The number of hydrogen-bond acceptors (Lipinski definition) is 2. The van der Waals surface area contributed by atoms with Gasteiger partial charge in [0.15, 0.2) is 5.69 Å². The lowest BCUT2D eigenvalue weighted by molar-refractivity contribution is -0.141. The number of alkyl halides is 3. The Balaban J connectivity index is 0.000000203. The number of aromatic nitrogens is 2.